The maximum Gasteiger partial charge on any atom is 0.327 e. The molecule has 0 aromatic carbocycles. The molecule has 0 heterocycles. The molecule has 0 aliphatic heterocycles. The van der Waals surface area contributed by atoms with Gasteiger partial charge in [-0.05, 0) is 33.5 Å². The van der Waals surface area contributed by atoms with Crippen LogP contribution in [-0.2, 0) is 14.4 Å². The maximum atomic E-state index is 12.6. The molecule has 0 radical (unpaired) electrons. The molecule has 0 aliphatic carbocycles. The Balaban J connectivity index is 4.45. The third-order valence-corrected chi connectivity index (χ3v) is 4.85. The molecule has 0 saturated carbocycles. The average molecular weight is 401 g/mol. The standard InChI is InChI=1S/C21H40N2O5/c1-4-5-6-7-8-9-10-11-12-14-19(24)23(16-13-15-22(2)3)18(21(27)28)17-20(25)26/h18H,4-17H2,1-3H3,(H,25,26)(H,27,28). The zero-order chi connectivity index (χ0) is 21.4. The van der Waals surface area contributed by atoms with Crippen molar-refractivity contribution in [1.82, 2.24) is 9.80 Å². The second-order valence-electron chi connectivity index (χ2n) is 7.77. The number of hydrogen-bond acceptors (Lipinski definition) is 4. The minimum atomic E-state index is -1.30. The molecule has 7 nitrogen and oxygen atoms in total. The van der Waals surface area contributed by atoms with Gasteiger partial charge < -0.3 is 20.0 Å². The minimum Gasteiger partial charge on any atom is -0.481 e. The Kier molecular flexibility index (Phi) is 15.4. The fraction of sp³-hybridized carbons (Fsp3) is 0.857. The van der Waals surface area contributed by atoms with Crippen LogP contribution in [0.15, 0.2) is 0 Å². The van der Waals surface area contributed by atoms with Crippen LogP contribution in [-0.4, -0.2) is 71.1 Å². The predicted molar refractivity (Wildman–Crippen MR) is 110 cm³/mol. The molecule has 164 valence electrons. The lowest BCUT2D eigenvalue weighted by atomic mass is 10.1. The van der Waals surface area contributed by atoms with Crippen LogP contribution >= 0.6 is 0 Å². The first-order chi connectivity index (χ1) is 13.3. The molecule has 0 fully saturated rings. The fourth-order valence-electron chi connectivity index (χ4n) is 3.24. The molecule has 1 unspecified atom stereocenters. The first-order valence-corrected chi connectivity index (χ1v) is 10.7. The summed E-state index contributed by atoms with van der Waals surface area (Å²) >= 11 is 0. The van der Waals surface area contributed by atoms with Crippen LogP contribution in [0.25, 0.3) is 0 Å². The number of unbranched alkanes of at least 4 members (excludes halogenated alkanes) is 8. The molecule has 2 N–H and O–H groups in total. The van der Waals surface area contributed by atoms with Crippen LogP contribution in [0.3, 0.4) is 0 Å². The molecule has 0 aromatic rings. The van der Waals surface area contributed by atoms with Gasteiger partial charge in [0.1, 0.15) is 6.04 Å². The van der Waals surface area contributed by atoms with Crippen LogP contribution in [0.4, 0.5) is 0 Å². The molecule has 0 bridgehead atoms. The molecule has 1 amide bonds. The van der Waals surface area contributed by atoms with Crippen molar-refractivity contribution in [3.8, 4) is 0 Å². The van der Waals surface area contributed by atoms with Gasteiger partial charge in [0.2, 0.25) is 5.91 Å². The smallest absolute Gasteiger partial charge is 0.327 e. The lowest BCUT2D eigenvalue weighted by Crippen LogP contribution is -2.47. The zero-order valence-electron chi connectivity index (χ0n) is 18.0. The highest BCUT2D eigenvalue weighted by molar-refractivity contribution is 5.86. The Hall–Kier alpha value is -1.63. The average Bonchev–Trinajstić information content (AvgIpc) is 2.61. The van der Waals surface area contributed by atoms with E-state index in [9.17, 15) is 19.5 Å². The van der Waals surface area contributed by atoms with E-state index in [1.54, 1.807) is 0 Å². The van der Waals surface area contributed by atoms with E-state index in [4.69, 9.17) is 5.11 Å². The van der Waals surface area contributed by atoms with Gasteiger partial charge in [-0.1, -0.05) is 58.3 Å². The van der Waals surface area contributed by atoms with E-state index in [2.05, 4.69) is 6.92 Å². The number of carbonyl (C=O) groups is 3. The molecule has 0 aliphatic rings. The zero-order valence-corrected chi connectivity index (χ0v) is 18.0. The number of aliphatic carboxylic acids is 2. The molecular formula is C21H40N2O5. The number of carboxylic acids is 2. The number of carbonyl (C=O) groups excluding carboxylic acids is 1. The lowest BCUT2D eigenvalue weighted by molar-refractivity contribution is -0.154. The third kappa shape index (κ3) is 13.5. The van der Waals surface area contributed by atoms with Gasteiger partial charge in [-0.2, -0.15) is 0 Å². The summed E-state index contributed by atoms with van der Waals surface area (Å²) in [6, 6.07) is -1.30. The van der Waals surface area contributed by atoms with Crippen molar-refractivity contribution in [3.63, 3.8) is 0 Å². The first-order valence-electron chi connectivity index (χ1n) is 10.7. The van der Waals surface area contributed by atoms with Gasteiger partial charge in [0.05, 0.1) is 6.42 Å². The quantitative estimate of drug-likeness (QED) is 0.341. The molecule has 0 spiro atoms. The summed E-state index contributed by atoms with van der Waals surface area (Å²) in [5.74, 6) is -2.72. The van der Waals surface area contributed by atoms with Crippen molar-refractivity contribution in [1.29, 1.82) is 0 Å². The van der Waals surface area contributed by atoms with Gasteiger partial charge in [-0.15, -0.1) is 0 Å². The van der Waals surface area contributed by atoms with Crippen molar-refractivity contribution in [2.24, 2.45) is 0 Å². The van der Waals surface area contributed by atoms with Gasteiger partial charge in [0.15, 0.2) is 0 Å². The number of rotatable bonds is 18. The van der Waals surface area contributed by atoms with E-state index in [-0.39, 0.29) is 18.9 Å². The Morgan fingerprint density at radius 2 is 1.32 bits per heavy atom. The van der Waals surface area contributed by atoms with E-state index in [0.29, 0.717) is 13.0 Å². The fourth-order valence-corrected chi connectivity index (χ4v) is 3.24. The summed E-state index contributed by atoms with van der Waals surface area (Å²) in [6.45, 7) is 3.17. The van der Waals surface area contributed by atoms with Gasteiger partial charge >= 0.3 is 11.9 Å². The highest BCUT2D eigenvalue weighted by Crippen LogP contribution is 2.14. The predicted octanol–water partition coefficient (Wildman–Crippen LogP) is 3.62. The SMILES string of the molecule is CCCCCCCCCCCC(=O)N(CCCN(C)C)C(CC(=O)O)C(=O)O. The summed E-state index contributed by atoms with van der Waals surface area (Å²) in [5.41, 5.74) is 0. The monoisotopic (exact) mass is 400 g/mol. The van der Waals surface area contributed by atoms with Gasteiger partial charge in [-0.3, -0.25) is 9.59 Å². The second-order valence-corrected chi connectivity index (χ2v) is 7.77. The van der Waals surface area contributed by atoms with Crippen LogP contribution in [0.1, 0.15) is 84.0 Å². The molecule has 1 atom stereocenters. The van der Waals surface area contributed by atoms with Crippen LogP contribution in [0, 0.1) is 0 Å². The van der Waals surface area contributed by atoms with Gasteiger partial charge in [0, 0.05) is 13.0 Å². The van der Waals surface area contributed by atoms with Gasteiger partial charge in [-0.25, -0.2) is 4.79 Å². The summed E-state index contributed by atoms with van der Waals surface area (Å²) in [7, 11) is 3.81. The van der Waals surface area contributed by atoms with E-state index in [1.807, 2.05) is 19.0 Å². The Bertz CT molecular complexity index is 454. The van der Waals surface area contributed by atoms with Crippen molar-refractivity contribution >= 4 is 17.8 Å². The topological polar surface area (TPSA) is 98.2 Å². The van der Waals surface area contributed by atoms with E-state index < -0.39 is 24.4 Å². The Morgan fingerprint density at radius 1 is 0.786 bits per heavy atom. The summed E-state index contributed by atoms with van der Waals surface area (Å²) < 4.78 is 0. The van der Waals surface area contributed by atoms with Crippen LogP contribution in [0.2, 0.25) is 0 Å². The first kappa shape index (κ1) is 26.4. The van der Waals surface area contributed by atoms with Crippen molar-refractivity contribution in [3.05, 3.63) is 0 Å². The number of amides is 1. The summed E-state index contributed by atoms with van der Waals surface area (Å²) in [5, 5.41) is 18.4. The molecule has 28 heavy (non-hydrogen) atoms. The molecule has 0 aromatic heterocycles. The van der Waals surface area contributed by atoms with Crippen molar-refractivity contribution < 1.29 is 24.6 Å². The normalized spacial score (nSPS) is 12.1. The Labute approximate surface area is 170 Å². The molecular weight excluding hydrogens is 360 g/mol. The second kappa shape index (κ2) is 16.3. The summed E-state index contributed by atoms with van der Waals surface area (Å²) in [6.07, 6.45) is 10.6. The highest BCUT2D eigenvalue weighted by Gasteiger charge is 2.31. The number of nitrogens with zero attached hydrogens (tertiary/aromatic N) is 2. The molecule has 7 heteroatoms. The van der Waals surface area contributed by atoms with E-state index in [0.717, 1.165) is 19.3 Å². The van der Waals surface area contributed by atoms with Crippen molar-refractivity contribution in [2.45, 2.75) is 90.0 Å². The van der Waals surface area contributed by atoms with E-state index in [1.165, 1.54) is 43.4 Å². The highest BCUT2D eigenvalue weighted by atomic mass is 16.4. The number of hydrogen-bond donors (Lipinski definition) is 2. The molecule has 0 saturated heterocycles. The van der Waals surface area contributed by atoms with Crippen LogP contribution in [0.5, 0.6) is 0 Å². The third-order valence-electron chi connectivity index (χ3n) is 4.85. The van der Waals surface area contributed by atoms with Gasteiger partial charge in [0.25, 0.3) is 0 Å². The van der Waals surface area contributed by atoms with Crippen LogP contribution < -0.4 is 0 Å². The van der Waals surface area contributed by atoms with E-state index >= 15 is 0 Å². The lowest BCUT2D eigenvalue weighted by Gasteiger charge is -2.29. The largest absolute Gasteiger partial charge is 0.481 e. The Morgan fingerprint density at radius 3 is 1.79 bits per heavy atom. The number of carboxylic acid groups (broad SMARTS) is 2. The maximum absolute atomic E-state index is 12.6. The summed E-state index contributed by atoms with van der Waals surface area (Å²) in [4.78, 5) is 38.4. The van der Waals surface area contributed by atoms with Crippen molar-refractivity contribution in [2.75, 3.05) is 27.2 Å². The molecule has 0 rings (SSSR count). The minimum absolute atomic E-state index is 0.254.